The van der Waals surface area contributed by atoms with Crippen molar-refractivity contribution in [1.82, 2.24) is 23.8 Å². The van der Waals surface area contributed by atoms with Crippen LogP contribution in [0.3, 0.4) is 0 Å². The fourth-order valence-electron chi connectivity index (χ4n) is 3.46. The van der Waals surface area contributed by atoms with Gasteiger partial charge in [-0.1, -0.05) is 11.6 Å². The number of hydrogen-bond acceptors (Lipinski definition) is 7. The molecule has 1 fully saturated rings. The zero-order valence-corrected chi connectivity index (χ0v) is 18.7. The number of amides is 1. The van der Waals surface area contributed by atoms with Crippen molar-refractivity contribution in [1.29, 1.82) is 0 Å². The van der Waals surface area contributed by atoms with E-state index in [4.69, 9.17) is 16.3 Å². The van der Waals surface area contributed by atoms with Crippen LogP contribution in [-0.2, 0) is 19.6 Å². The Kier molecular flexibility index (Phi) is 6.13. The highest BCUT2D eigenvalue weighted by molar-refractivity contribution is 7.89. The minimum atomic E-state index is -3.67. The van der Waals surface area contributed by atoms with Crippen LogP contribution in [0.2, 0.25) is 5.02 Å². The van der Waals surface area contributed by atoms with E-state index in [0.29, 0.717) is 16.4 Å². The third-order valence-electron chi connectivity index (χ3n) is 5.14. The molecule has 3 heterocycles. The van der Waals surface area contributed by atoms with Crippen LogP contribution in [0.15, 0.2) is 47.6 Å². The van der Waals surface area contributed by atoms with Crippen molar-refractivity contribution in [3.63, 3.8) is 0 Å². The first-order valence-electron chi connectivity index (χ1n) is 9.78. The van der Waals surface area contributed by atoms with Gasteiger partial charge in [0.05, 0.1) is 10.6 Å². The quantitative estimate of drug-likeness (QED) is 0.510. The van der Waals surface area contributed by atoms with Gasteiger partial charge in [-0.2, -0.15) is 9.40 Å². The van der Waals surface area contributed by atoms with Gasteiger partial charge in [0.15, 0.2) is 12.3 Å². The Morgan fingerprint density at radius 1 is 1.12 bits per heavy atom. The van der Waals surface area contributed by atoms with Crippen molar-refractivity contribution in [3.05, 3.63) is 59.0 Å². The Labute approximate surface area is 189 Å². The number of benzene rings is 1. The predicted molar refractivity (Wildman–Crippen MR) is 115 cm³/mol. The standard InChI is InChI=1S/C20H20ClN5O5S/c1-14-18(19-22-7-2-8-26(19)23-14)20(28)31-13-17(27)24-9-11-25(12-10-24)32(29,30)16-5-3-15(21)4-6-16/h2-8H,9-13H2,1H3. The molecular weight excluding hydrogens is 458 g/mol. The smallest absolute Gasteiger partial charge is 0.344 e. The summed E-state index contributed by atoms with van der Waals surface area (Å²) in [4.78, 5) is 30.8. The molecule has 0 N–H and O–H groups in total. The molecule has 3 aromatic rings. The number of fused-ring (bicyclic) bond motifs is 1. The van der Waals surface area contributed by atoms with E-state index in [0.717, 1.165) is 0 Å². The Balaban J connectivity index is 1.34. The molecule has 1 aromatic carbocycles. The van der Waals surface area contributed by atoms with E-state index >= 15 is 0 Å². The van der Waals surface area contributed by atoms with Gasteiger partial charge in [-0.15, -0.1) is 0 Å². The Bertz CT molecular complexity index is 1270. The molecule has 4 rings (SSSR count). The molecule has 12 heteroatoms. The molecule has 1 aliphatic heterocycles. The third kappa shape index (κ3) is 4.31. The van der Waals surface area contributed by atoms with Crippen molar-refractivity contribution >= 4 is 39.1 Å². The van der Waals surface area contributed by atoms with Gasteiger partial charge in [0.2, 0.25) is 10.0 Å². The molecule has 2 aromatic heterocycles. The molecule has 0 atom stereocenters. The van der Waals surface area contributed by atoms with E-state index in [1.807, 2.05) is 0 Å². The van der Waals surface area contributed by atoms with Gasteiger partial charge < -0.3 is 9.64 Å². The van der Waals surface area contributed by atoms with E-state index < -0.39 is 28.5 Å². The summed E-state index contributed by atoms with van der Waals surface area (Å²) >= 11 is 5.83. The summed E-state index contributed by atoms with van der Waals surface area (Å²) in [6.07, 6.45) is 3.20. The Hall–Kier alpha value is -3.02. The molecular formula is C20H20ClN5O5S. The number of halogens is 1. The monoisotopic (exact) mass is 477 g/mol. The van der Waals surface area contributed by atoms with E-state index in [9.17, 15) is 18.0 Å². The van der Waals surface area contributed by atoms with Gasteiger partial charge in [0.25, 0.3) is 5.91 Å². The van der Waals surface area contributed by atoms with Gasteiger partial charge >= 0.3 is 5.97 Å². The first-order chi connectivity index (χ1) is 15.3. The highest BCUT2D eigenvalue weighted by atomic mass is 35.5. The number of ether oxygens (including phenoxy) is 1. The first-order valence-corrected chi connectivity index (χ1v) is 11.6. The lowest BCUT2D eigenvalue weighted by Gasteiger charge is -2.33. The van der Waals surface area contributed by atoms with Gasteiger partial charge in [-0.3, -0.25) is 4.79 Å². The molecule has 0 saturated carbocycles. The summed E-state index contributed by atoms with van der Waals surface area (Å²) in [6, 6.07) is 7.62. The van der Waals surface area contributed by atoms with Crippen molar-refractivity contribution < 1.29 is 22.7 Å². The van der Waals surface area contributed by atoms with Crippen LogP contribution in [0, 0.1) is 6.92 Å². The number of rotatable bonds is 5. The van der Waals surface area contributed by atoms with Gasteiger partial charge in [-0.25, -0.2) is 22.7 Å². The highest BCUT2D eigenvalue weighted by Gasteiger charge is 2.30. The number of aromatic nitrogens is 3. The Morgan fingerprint density at radius 3 is 2.50 bits per heavy atom. The minimum Gasteiger partial charge on any atom is -0.452 e. The fraction of sp³-hybridized carbons (Fsp3) is 0.300. The SMILES string of the molecule is Cc1nn2cccnc2c1C(=O)OCC(=O)N1CCN(S(=O)(=O)c2ccc(Cl)cc2)CC1. The lowest BCUT2D eigenvalue weighted by molar-refractivity contribution is -0.135. The molecule has 0 unspecified atom stereocenters. The number of hydrogen-bond donors (Lipinski definition) is 0. The van der Waals surface area contributed by atoms with E-state index in [2.05, 4.69) is 10.1 Å². The van der Waals surface area contributed by atoms with E-state index in [1.54, 1.807) is 19.2 Å². The topological polar surface area (TPSA) is 114 Å². The second-order valence-corrected chi connectivity index (χ2v) is 9.54. The van der Waals surface area contributed by atoms with Crippen LogP contribution in [0.4, 0.5) is 0 Å². The maximum absolute atomic E-state index is 12.8. The highest BCUT2D eigenvalue weighted by Crippen LogP contribution is 2.20. The zero-order chi connectivity index (χ0) is 22.9. The molecule has 10 nitrogen and oxygen atoms in total. The van der Waals surface area contributed by atoms with Gasteiger partial charge in [0.1, 0.15) is 5.56 Å². The van der Waals surface area contributed by atoms with Crippen LogP contribution >= 0.6 is 11.6 Å². The van der Waals surface area contributed by atoms with Crippen LogP contribution in [0.1, 0.15) is 16.1 Å². The summed E-state index contributed by atoms with van der Waals surface area (Å²) in [6.45, 7) is 1.88. The number of carbonyl (C=O) groups excluding carboxylic acids is 2. The van der Waals surface area contributed by atoms with E-state index in [-0.39, 0.29) is 36.6 Å². The zero-order valence-electron chi connectivity index (χ0n) is 17.1. The number of carbonyl (C=O) groups is 2. The molecule has 168 valence electrons. The second-order valence-electron chi connectivity index (χ2n) is 7.16. The molecule has 1 saturated heterocycles. The molecule has 0 radical (unpaired) electrons. The molecule has 0 bridgehead atoms. The summed E-state index contributed by atoms with van der Waals surface area (Å²) in [5.74, 6) is -1.09. The normalized spacial score (nSPS) is 15.1. The molecule has 0 spiro atoms. The summed E-state index contributed by atoms with van der Waals surface area (Å²) < 4.78 is 33.5. The maximum Gasteiger partial charge on any atom is 0.344 e. The molecule has 1 amide bonds. The molecule has 1 aliphatic rings. The summed E-state index contributed by atoms with van der Waals surface area (Å²) in [5.41, 5.74) is 1.00. The largest absolute Gasteiger partial charge is 0.452 e. The fourth-order valence-corrected chi connectivity index (χ4v) is 5.01. The third-order valence-corrected chi connectivity index (χ3v) is 7.31. The van der Waals surface area contributed by atoms with Gasteiger partial charge in [0, 0.05) is 43.6 Å². The summed E-state index contributed by atoms with van der Waals surface area (Å²) in [7, 11) is -3.67. The van der Waals surface area contributed by atoms with Crippen molar-refractivity contribution in [2.24, 2.45) is 0 Å². The number of esters is 1. The predicted octanol–water partition coefficient (Wildman–Crippen LogP) is 1.38. The molecule has 0 aliphatic carbocycles. The lowest BCUT2D eigenvalue weighted by Crippen LogP contribution is -2.51. The van der Waals surface area contributed by atoms with Crippen LogP contribution in [-0.4, -0.2) is 76.9 Å². The van der Waals surface area contributed by atoms with Crippen LogP contribution in [0.5, 0.6) is 0 Å². The van der Waals surface area contributed by atoms with E-state index in [1.165, 1.54) is 44.2 Å². The van der Waals surface area contributed by atoms with Crippen molar-refractivity contribution in [3.8, 4) is 0 Å². The van der Waals surface area contributed by atoms with Crippen molar-refractivity contribution in [2.45, 2.75) is 11.8 Å². The lowest BCUT2D eigenvalue weighted by atomic mass is 10.2. The molecule has 32 heavy (non-hydrogen) atoms. The number of sulfonamides is 1. The number of nitrogens with zero attached hydrogens (tertiary/aromatic N) is 5. The van der Waals surface area contributed by atoms with Crippen LogP contribution < -0.4 is 0 Å². The average Bonchev–Trinajstić information content (AvgIpc) is 3.13. The maximum atomic E-state index is 12.8. The van der Waals surface area contributed by atoms with Crippen molar-refractivity contribution in [2.75, 3.05) is 32.8 Å². The minimum absolute atomic E-state index is 0.141. The Morgan fingerprint density at radius 2 is 1.81 bits per heavy atom. The average molecular weight is 478 g/mol. The van der Waals surface area contributed by atoms with Gasteiger partial charge in [-0.05, 0) is 37.3 Å². The first kappa shape index (κ1) is 22.2. The second kappa shape index (κ2) is 8.85. The summed E-state index contributed by atoms with van der Waals surface area (Å²) in [5, 5.41) is 4.65. The number of piperazine rings is 1. The van der Waals surface area contributed by atoms with Crippen LogP contribution in [0.25, 0.3) is 5.65 Å². The number of aryl methyl sites for hydroxylation is 1.